The Hall–Kier alpha value is -4.27. The molecule has 2 aromatic carbocycles. The largest absolute Gasteiger partial charge is 0.846 e. The van der Waals surface area contributed by atoms with Gasteiger partial charge in [-0.25, -0.2) is 9.98 Å². The summed E-state index contributed by atoms with van der Waals surface area (Å²) < 4.78 is 11.8. The van der Waals surface area contributed by atoms with Gasteiger partial charge in [0.1, 0.15) is 0 Å². The minimum Gasteiger partial charge on any atom is -0.846 e. The summed E-state index contributed by atoms with van der Waals surface area (Å²) in [5.74, 6) is 0.121. The molecule has 0 saturated heterocycles. The number of nitrogens with one attached hydrogen (secondary N) is 1. The standard InChI is InChI=1S/C22H20N6O3/c1-15-19(12-23-22(24-15)30-2)17-10-8-16(9-11-17)13-28-14-20(31-27-28)26-21(29)25-18-6-4-3-5-7-18/h3-12,14H,13H2,1-2H3,(H-,25,26,27,29). The summed E-state index contributed by atoms with van der Waals surface area (Å²) in [5.41, 5.74) is 4.44. The predicted molar refractivity (Wildman–Crippen MR) is 112 cm³/mol. The molecule has 0 aliphatic carbocycles. The van der Waals surface area contributed by atoms with Crippen molar-refractivity contribution in [2.75, 3.05) is 12.4 Å². The molecule has 0 unspecified atom stereocenters. The van der Waals surface area contributed by atoms with Crippen LogP contribution in [0.3, 0.4) is 0 Å². The van der Waals surface area contributed by atoms with Crippen LogP contribution in [0.25, 0.3) is 11.1 Å². The highest BCUT2D eigenvalue weighted by Gasteiger charge is 2.12. The van der Waals surface area contributed by atoms with E-state index in [0.29, 0.717) is 18.2 Å². The number of amidine groups is 1. The molecule has 0 aliphatic rings. The third-order valence-electron chi connectivity index (χ3n) is 4.48. The first-order valence-electron chi connectivity index (χ1n) is 9.52. The first kappa shape index (κ1) is 20.0. The quantitative estimate of drug-likeness (QED) is 0.291. The Balaban J connectivity index is 1.42. The lowest BCUT2D eigenvalue weighted by Gasteiger charge is -2.11. The minimum atomic E-state index is -0.532. The molecule has 9 nitrogen and oxygen atoms in total. The SMILES string of the molecule is COc1ncc(-c2ccc(C[n+]3cc(N=C([O-])Nc4ccccc4)on3)cc2)c(C)n1. The van der Waals surface area contributed by atoms with Gasteiger partial charge in [-0.15, -0.1) is 0 Å². The van der Waals surface area contributed by atoms with E-state index in [9.17, 15) is 5.11 Å². The molecule has 31 heavy (non-hydrogen) atoms. The Morgan fingerprint density at radius 3 is 2.65 bits per heavy atom. The zero-order valence-corrected chi connectivity index (χ0v) is 17.0. The number of benzene rings is 2. The average Bonchev–Trinajstić information content (AvgIpc) is 3.21. The molecule has 1 N–H and O–H groups in total. The minimum absolute atomic E-state index is 0.121. The van der Waals surface area contributed by atoms with Crippen LogP contribution in [0, 0.1) is 6.92 Å². The van der Waals surface area contributed by atoms with Crippen molar-refractivity contribution >= 4 is 17.6 Å². The van der Waals surface area contributed by atoms with E-state index in [2.05, 4.69) is 25.5 Å². The first-order chi connectivity index (χ1) is 15.1. The van der Waals surface area contributed by atoms with Crippen LogP contribution in [0.5, 0.6) is 6.01 Å². The van der Waals surface area contributed by atoms with Crippen LogP contribution >= 0.6 is 0 Å². The normalized spacial score (nSPS) is 11.4. The second-order valence-electron chi connectivity index (χ2n) is 6.70. The molecule has 0 spiro atoms. The third-order valence-corrected chi connectivity index (χ3v) is 4.48. The van der Waals surface area contributed by atoms with Crippen LogP contribution in [0.4, 0.5) is 11.6 Å². The number of rotatable bonds is 6. The summed E-state index contributed by atoms with van der Waals surface area (Å²) in [6.45, 7) is 2.38. The van der Waals surface area contributed by atoms with Gasteiger partial charge in [-0.1, -0.05) is 42.5 Å². The molecule has 2 aromatic heterocycles. The van der Waals surface area contributed by atoms with Gasteiger partial charge >= 0.3 is 11.9 Å². The molecule has 0 radical (unpaired) electrons. The molecule has 2 heterocycles. The van der Waals surface area contributed by atoms with Gasteiger partial charge in [0.2, 0.25) is 11.8 Å². The molecule has 0 aliphatic heterocycles. The van der Waals surface area contributed by atoms with Gasteiger partial charge in [-0.05, 0) is 29.3 Å². The number of anilines is 1. The number of aryl methyl sites for hydroxylation is 1. The van der Waals surface area contributed by atoms with Crippen LogP contribution in [-0.2, 0) is 6.54 Å². The van der Waals surface area contributed by atoms with Crippen LogP contribution in [0.1, 0.15) is 11.3 Å². The zero-order valence-electron chi connectivity index (χ0n) is 17.0. The molecule has 0 saturated carbocycles. The van der Waals surface area contributed by atoms with Crippen LogP contribution in [0.15, 0.2) is 76.5 Å². The van der Waals surface area contributed by atoms with E-state index in [4.69, 9.17) is 9.26 Å². The molecule has 0 amide bonds. The fourth-order valence-electron chi connectivity index (χ4n) is 2.97. The van der Waals surface area contributed by atoms with Gasteiger partial charge in [0.05, 0.1) is 18.8 Å². The van der Waals surface area contributed by atoms with Gasteiger partial charge in [0, 0.05) is 23.0 Å². The number of para-hydroxylation sites is 1. The Kier molecular flexibility index (Phi) is 5.84. The number of methoxy groups -OCH3 is 1. The van der Waals surface area contributed by atoms with Crippen molar-refractivity contribution in [3.05, 3.63) is 78.2 Å². The molecule has 0 bridgehead atoms. The maximum atomic E-state index is 12.0. The lowest BCUT2D eigenvalue weighted by atomic mass is 10.0. The summed E-state index contributed by atoms with van der Waals surface area (Å²) in [5, 5.41) is 18.6. The molecule has 0 fully saturated rings. The van der Waals surface area contributed by atoms with E-state index in [1.807, 2.05) is 49.4 Å². The number of nitrogens with zero attached hydrogens (tertiary/aromatic N) is 5. The summed E-state index contributed by atoms with van der Waals surface area (Å²) in [6, 6.07) is 16.8. The summed E-state index contributed by atoms with van der Waals surface area (Å²) in [4.78, 5) is 12.4. The number of ether oxygens (including phenoxy) is 1. The van der Waals surface area contributed by atoms with Crippen molar-refractivity contribution in [2.24, 2.45) is 4.99 Å². The Morgan fingerprint density at radius 1 is 1.16 bits per heavy atom. The average molecular weight is 416 g/mol. The Labute approximate surface area is 178 Å². The van der Waals surface area contributed by atoms with Crippen molar-refractivity contribution < 1.29 is 19.0 Å². The van der Waals surface area contributed by atoms with Crippen molar-refractivity contribution in [1.82, 2.24) is 15.2 Å². The van der Waals surface area contributed by atoms with E-state index >= 15 is 0 Å². The van der Waals surface area contributed by atoms with E-state index in [-0.39, 0.29) is 5.88 Å². The maximum absolute atomic E-state index is 12.0. The fraction of sp³-hybridized carbons (Fsp3) is 0.136. The van der Waals surface area contributed by atoms with Gasteiger partial charge < -0.3 is 15.2 Å². The molecule has 156 valence electrons. The topological polar surface area (TPSA) is 112 Å². The lowest BCUT2D eigenvalue weighted by molar-refractivity contribution is -0.754. The van der Waals surface area contributed by atoms with Crippen molar-refractivity contribution in [1.29, 1.82) is 0 Å². The monoisotopic (exact) mass is 416 g/mol. The number of hydrogen-bond acceptors (Lipinski definition) is 7. The number of aliphatic imine (C=N–C) groups is 1. The molecule has 4 aromatic rings. The molecule has 4 rings (SSSR count). The predicted octanol–water partition coefficient (Wildman–Crippen LogP) is 2.24. The van der Waals surface area contributed by atoms with Crippen molar-refractivity contribution in [3.63, 3.8) is 0 Å². The smallest absolute Gasteiger partial charge is 0.322 e. The van der Waals surface area contributed by atoms with Crippen molar-refractivity contribution in [3.8, 4) is 17.1 Å². The summed E-state index contributed by atoms with van der Waals surface area (Å²) >= 11 is 0. The van der Waals surface area contributed by atoms with E-state index in [0.717, 1.165) is 22.4 Å². The van der Waals surface area contributed by atoms with E-state index in [1.165, 1.54) is 0 Å². The zero-order chi connectivity index (χ0) is 21.6. The highest BCUT2D eigenvalue weighted by atomic mass is 16.5. The highest BCUT2D eigenvalue weighted by molar-refractivity contribution is 5.86. The van der Waals surface area contributed by atoms with Crippen LogP contribution < -0.4 is 19.8 Å². The lowest BCUT2D eigenvalue weighted by Crippen LogP contribution is -2.35. The van der Waals surface area contributed by atoms with Crippen molar-refractivity contribution in [2.45, 2.75) is 13.5 Å². The second kappa shape index (κ2) is 9.04. The Bertz CT molecular complexity index is 1190. The fourth-order valence-corrected chi connectivity index (χ4v) is 2.97. The molecular formula is C22H20N6O3. The highest BCUT2D eigenvalue weighted by Crippen LogP contribution is 2.23. The van der Waals surface area contributed by atoms with Gasteiger partial charge in [-0.2, -0.15) is 4.98 Å². The van der Waals surface area contributed by atoms with Gasteiger partial charge in [0.25, 0.3) is 6.20 Å². The summed E-state index contributed by atoms with van der Waals surface area (Å²) in [7, 11) is 1.54. The van der Waals surface area contributed by atoms with Gasteiger partial charge in [-0.3, -0.25) is 4.52 Å². The molecular weight excluding hydrogens is 396 g/mol. The Morgan fingerprint density at radius 2 is 1.94 bits per heavy atom. The van der Waals surface area contributed by atoms with E-state index < -0.39 is 6.02 Å². The maximum Gasteiger partial charge on any atom is 0.322 e. The second-order valence-corrected chi connectivity index (χ2v) is 6.70. The van der Waals surface area contributed by atoms with Gasteiger partial charge in [0.15, 0.2) is 0 Å². The third kappa shape index (κ3) is 5.02. The van der Waals surface area contributed by atoms with Crippen LogP contribution in [-0.4, -0.2) is 28.4 Å². The number of hydrogen-bond donors (Lipinski definition) is 1. The van der Waals surface area contributed by atoms with Crippen LogP contribution in [0.2, 0.25) is 0 Å². The van der Waals surface area contributed by atoms with E-state index in [1.54, 1.807) is 36.3 Å². The summed E-state index contributed by atoms with van der Waals surface area (Å²) in [6.07, 6.45) is 3.32. The number of aromatic nitrogens is 4. The molecule has 9 heteroatoms. The molecule has 0 atom stereocenters. The first-order valence-corrected chi connectivity index (χ1v) is 9.52.